The summed E-state index contributed by atoms with van der Waals surface area (Å²) in [6.07, 6.45) is 7.82. The third-order valence-electron chi connectivity index (χ3n) is 4.80. The van der Waals surface area contributed by atoms with Gasteiger partial charge in [-0.1, -0.05) is 23.7 Å². The van der Waals surface area contributed by atoms with Gasteiger partial charge in [-0.05, 0) is 43.9 Å². The van der Waals surface area contributed by atoms with E-state index in [-0.39, 0.29) is 11.9 Å². The van der Waals surface area contributed by atoms with Gasteiger partial charge < -0.3 is 5.32 Å². The molecule has 1 aliphatic carbocycles. The summed E-state index contributed by atoms with van der Waals surface area (Å²) in [6.45, 7) is 2.51. The molecule has 7 heteroatoms. The highest BCUT2D eigenvalue weighted by Gasteiger charge is 2.26. The number of hydrogen-bond donors (Lipinski definition) is 1. The van der Waals surface area contributed by atoms with Gasteiger partial charge in [0.05, 0.1) is 30.7 Å². The lowest BCUT2D eigenvalue weighted by atomic mass is 9.92. The summed E-state index contributed by atoms with van der Waals surface area (Å²) in [5.41, 5.74) is 4.47. The average molecular weight is 382 g/mol. The number of hydrogen-bond acceptors (Lipinski definition) is 4. The number of benzene rings is 1. The van der Waals surface area contributed by atoms with Gasteiger partial charge in [0.25, 0.3) is 5.91 Å². The van der Waals surface area contributed by atoms with Gasteiger partial charge in [0.1, 0.15) is 5.69 Å². The highest BCUT2D eigenvalue weighted by Crippen LogP contribution is 2.30. The van der Waals surface area contributed by atoms with E-state index in [1.54, 1.807) is 6.20 Å². The molecule has 2 heterocycles. The summed E-state index contributed by atoms with van der Waals surface area (Å²) in [4.78, 5) is 20.8. The molecule has 0 unspecified atom stereocenters. The number of aromatic nitrogens is 4. The Balaban J connectivity index is 1.53. The molecule has 0 spiro atoms. The molecule has 0 radical (unpaired) electrons. The number of carbonyl (C=O) groups is 1. The number of nitrogens with one attached hydrogen (secondary N) is 1. The second-order valence-electron chi connectivity index (χ2n) is 6.80. The zero-order valence-corrected chi connectivity index (χ0v) is 15.8. The highest BCUT2D eigenvalue weighted by molar-refractivity contribution is 6.30. The Morgan fingerprint density at radius 2 is 2.19 bits per heavy atom. The topological polar surface area (TPSA) is 72.7 Å². The van der Waals surface area contributed by atoms with Crippen LogP contribution in [0.25, 0.3) is 0 Å². The summed E-state index contributed by atoms with van der Waals surface area (Å²) >= 11 is 6.09. The molecule has 4 rings (SSSR count). The van der Waals surface area contributed by atoms with Crippen LogP contribution in [-0.2, 0) is 13.0 Å². The van der Waals surface area contributed by atoms with Gasteiger partial charge >= 0.3 is 0 Å². The molecule has 1 aromatic carbocycles. The molecule has 1 aliphatic rings. The van der Waals surface area contributed by atoms with Crippen molar-refractivity contribution in [2.45, 2.75) is 38.8 Å². The van der Waals surface area contributed by atoms with E-state index >= 15 is 0 Å². The first-order valence-electron chi connectivity index (χ1n) is 8.98. The smallest absolute Gasteiger partial charge is 0.271 e. The molecule has 0 bridgehead atoms. The third kappa shape index (κ3) is 3.85. The van der Waals surface area contributed by atoms with Crippen molar-refractivity contribution in [2.75, 3.05) is 0 Å². The molecule has 138 valence electrons. The second-order valence-corrected chi connectivity index (χ2v) is 7.23. The average Bonchev–Trinajstić information content (AvgIpc) is 3.06. The SMILES string of the molecule is Cc1cnc(C(=O)N[C@H]2CCCc3c2cnn3Cc2cccc(Cl)c2)cn1. The van der Waals surface area contributed by atoms with Crippen LogP contribution < -0.4 is 5.32 Å². The number of carbonyl (C=O) groups excluding carboxylic acids is 1. The molecule has 2 aromatic heterocycles. The molecule has 0 aliphatic heterocycles. The first kappa shape index (κ1) is 17.7. The second kappa shape index (κ2) is 7.48. The summed E-state index contributed by atoms with van der Waals surface area (Å²) in [6, 6.07) is 7.74. The molecule has 0 saturated carbocycles. The minimum Gasteiger partial charge on any atom is -0.344 e. The summed E-state index contributed by atoms with van der Waals surface area (Å²) in [5, 5.41) is 8.36. The quantitative estimate of drug-likeness (QED) is 0.750. The van der Waals surface area contributed by atoms with E-state index < -0.39 is 0 Å². The first-order valence-corrected chi connectivity index (χ1v) is 9.36. The van der Waals surface area contributed by atoms with Gasteiger partial charge in [0.2, 0.25) is 0 Å². The Morgan fingerprint density at radius 3 is 2.96 bits per heavy atom. The molecule has 1 atom stereocenters. The fraction of sp³-hybridized carbons (Fsp3) is 0.300. The fourth-order valence-corrected chi connectivity index (χ4v) is 3.67. The van der Waals surface area contributed by atoms with Crippen molar-refractivity contribution in [1.29, 1.82) is 0 Å². The zero-order valence-electron chi connectivity index (χ0n) is 15.0. The minimum atomic E-state index is -0.206. The van der Waals surface area contributed by atoms with Crippen LogP contribution >= 0.6 is 11.6 Å². The van der Waals surface area contributed by atoms with Crippen LogP contribution in [0, 0.1) is 6.92 Å². The first-order chi connectivity index (χ1) is 13.1. The summed E-state index contributed by atoms with van der Waals surface area (Å²) in [5.74, 6) is -0.206. The molecule has 27 heavy (non-hydrogen) atoms. The Hall–Kier alpha value is -2.73. The van der Waals surface area contributed by atoms with Gasteiger partial charge in [0, 0.05) is 22.5 Å². The largest absolute Gasteiger partial charge is 0.344 e. The maximum absolute atomic E-state index is 12.5. The molecule has 0 saturated heterocycles. The maximum atomic E-state index is 12.5. The minimum absolute atomic E-state index is 0.0579. The highest BCUT2D eigenvalue weighted by atomic mass is 35.5. The van der Waals surface area contributed by atoms with Crippen molar-refractivity contribution in [2.24, 2.45) is 0 Å². The molecule has 1 amide bonds. The van der Waals surface area contributed by atoms with Crippen LogP contribution in [0.4, 0.5) is 0 Å². The number of fused-ring (bicyclic) bond motifs is 1. The zero-order chi connectivity index (χ0) is 18.8. The van der Waals surface area contributed by atoms with Gasteiger partial charge in [-0.3, -0.25) is 14.5 Å². The molecule has 6 nitrogen and oxygen atoms in total. The lowest BCUT2D eigenvalue weighted by Gasteiger charge is -2.24. The lowest BCUT2D eigenvalue weighted by Crippen LogP contribution is -2.31. The van der Waals surface area contributed by atoms with Crippen LogP contribution in [-0.4, -0.2) is 25.7 Å². The van der Waals surface area contributed by atoms with Crippen molar-refractivity contribution in [1.82, 2.24) is 25.1 Å². The summed E-state index contributed by atoms with van der Waals surface area (Å²) in [7, 11) is 0. The van der Waals surface area contributed by atoms with Gasteiger partial charge in [-0.25, -0.2) is 4.98 Å². The van der Waals surface area contributed by atoms with Gasteiger partial charge in [-0.2, -0.15) is 5.10 Å². The van der Waals surface area contributed by atoms with E-state index in [2.05, 4.69) is 20.4 Å². The number of aryl methyl sites for hydroxylation is 1. The predicted octanol–water partition coefficient (Wildman–Crippen LogP) is 3.49. The summed E-state index contributed by atoms with van der Waals surface area (Å²) < 4.78 is 2.00. The standard InChI is InChI=1S/C20H20ClN5O/c1-13-9-23-18(11-22-13)20(27)25-17-6-3-7-19-16(17)10-24-26(19)12-14-4-2-5-15(21)8-14/h2,4-5,8-11,17H,3,6-7,12H2,1H3,(H,25,27)/t17-/m0/s1. The molecule has 3 aromatic rings. The lowest BCUT2D eigenvalue weighted by molar-refractivity contribution is 0.0927. The van der Waals surface area contributed by atoms with Crippen LogP contribution in [0.5, 0.6) is 0 Å². The van der Waals surface area contributed by atoms with Crippen LogP contribution in [0.1, 0.15) is 51.9 Å². The van der Waals surface area contributed by atoms with E-state index in [1.807, 2.05) is 42.1 Å². The van der Waals surface area contributed by atoms with Crippen molar-refractivity contribution >= 4 is 17.5 Å². The van der Waals surface area contributed by atoms with E-state index in [0.717, 1.165) is 41.1 Å². The Morgan fingerprint density at radius 1 is 1.30 bits per heavy atom. The Kier molecular flexibility index (Phi) is 4.90. The molecule has 1 N–H and O–H groups in total. The number of rotatable bonds is 4. The maximum Gasteiger partial charge on any atom is 0.271 e. The number of halogens is 1. The van der Waals surface area contributed by atoms with E-state index in [0.29, 0.717) is 12.2 Å². The van der Waals surface area contributed by atoms with Crippen molar-refractivity contribution in [3.05, 3.63) is 76.1 Å². The number of nitrogens with zero attached hydrogens (tertiary/aromatic N) is 4. The monoisotopic (exact) mass is 381 g/mol. The molecule has 0 fully saturated rings. The van der Waals surface area contributed by atoms with Crippen molar-refractivity contribution < 1.29 is 4.79 Å². The number of amides is 1. The van der Waals surface area contributed by atoms with Crippen LogP contribution in [0.15, 0.2) is 42.9 Å². The van der Waals surface area contributed by atoms with Gasteiger partial charge in [0.15, 0.2) is 0 Å². The van der Waals surface area contributed by atoms with Crippen LogP contribution in [0.3, 0.4) is 0 Å². The fourth-order valence-electron chi connectivity index (χ4n) is 3.46. The third-order valence-corrected chi connectivity index (χ3v) is 5.04. The Bertz CT molecular complexity index is 967. The predicted molar refractivity (Wildman–Crippen MR) is 103 cm³/mol. The Labute approximate surface area is 162 Å². The van der Waals surface area contributed by atoms with E-state index in [9.17, 15) is 4.79 Å². The molecular formula is C20H20ClN5O. The van der Waals surface area contributed by atoms with Crippen LogP contribution in [0.2, 0.25) is 5.02 Å². The van der Waals surface area contributed by atoms with Crippen molar-refractivity contribution in [3.63, 3.8) is 0 Å². The van der Waals surface area contributed by atoms with E-state index in [4.69, 9.17) is 11.6 Å². The van der Waals surface area contributed by atoms with Crippen molar-refractivity contribution in [3.8, 4) is 0 Å². The van der Waals surface area contributed by atoms with E-state index in [1.165, 1.54) is 11.9 Å². The van der Waals surface area contributed by atoms with Gasteiger partial charge in [-0.15, -0.1) is 0 Å². The molecular weight excluding hydrogens is 362 g/mol. The normalized spacial score (nSPS) is 16.0.